The van der Waals surface area contributed by atoms with Crippen molar-refractivity contribution in [2.24, 2.45) is 5.73 Å². The van der Waals surface area contributed by atoms with E-state index in [1.54, 1.807) is 18.2 Å². The first-order valence-electron chi connectivity index (χ1n) is 4.85. The Balaban J connectivity index is 2.73. The first-order valence-corrected chi connectivity index (χ1v) is 5.23. The van der Waals surface area contributed by atoms with Crippen LogP contribution in [0.4, 0.5) is 0 Å². The van der Waals surface area contributed by atoms with Gasteiger partial charge in [-0.1, -0.05) is 11.6 Å². The minimum Gasteiger partial charge on any atom is -0.482 e. The Labute approximate surface area is 99.3 Å². The van der Waals surface area contributed by atoms with Gasteiger partial charge in [0, 0.05) is 5.02 Å². The van der Waals surface area contributed by atoms with E-state index in [-0.39, 0.29) is 6.61 Å². The largest absolute Gasteiger partial charge is 0.482 e. The van der Waals surface area contributed by atoms with Crippen molar-refractivity contribution in [2.45, 2.75) is 6.42 Å². The van der Waals surface area contributed by atoms with Crippen LogP contribution in [0.1, 0.15) is 5.56 Å². The van der Waals surface area contributed by atoms with Gasteiger partial charge in [-0.2, -0.15) is 0 Å². The summed E-state index contributed by atoms with van der Waals surface area (Å²) in [6, 6.07) is 5.20. The summed E-state index contributed by atoms with van der Waals surface area (Å²) in [4.78, 5) is 10.9. The van der Waals surface area contributed by atoms with Gasteiger partial charge in [-0.15, -0.1) is 0 Å². The molecule has 4 nitrogen and oxygen atoms in total. The molecule has 0 aliphatic carbocycles. The van der Waals surface area contributed by atoms with Crippen molar-refractivity contribution in [3.05, 3.63) is 28.8 Å². The lowest BCUT2D eigenvalue weighted by Crippen LogP contribution is -2.14. The Morgan fingerprint density at radius 2 is 2.25 bits per heavy atom. The lowest BCUT2D eigenvalue weighted by molar-refractivity contribution is -0.142. The van der Waals surface area contributed by atoms with Crippen LogP contribution in [0, 0.1) is 0 Å². The zero-order valence-corrected chi connectivity index (χ0v) is 9.79. The number of benzene rings is 1. The van der Waals surface area contributed by atoms with Gasteiger partial charge in [-0.25, -0.2) is 4.79 Å². The van der Waals surface area contributed by atoms with Crippen LogP contribution in [0.15, 0.2) is 18.2 Å². The van der Waals surface area contributed by atoms with Gasteiger partial charge >= 0.3 is 5.97 Å². The SMILES string of the molecule is COC(=O)COc1ccc(Cl)cc1CCN. The van der Waals surface area contributed by atoms with Crippen molar-refractivity contribution in [1.82, 2.24) is 0 Å². The molecule has 1 aromatic carbocycles. The van der Waals surface area contributed by atoms with Crippen LogP contribution >= 0.6 is 11.6 Å². The van der Waals surface area contributed by atoms with Gasteiger partial charge in [0.05, 0.1) is 7.11 Å². The summed E-state index contributed by atoms with van der Waals surface area (Å²) in [6.07, 6.45) is 0.650. The second-order valence-corrected chi connectivity index (χ2v) is 3.59. The fourth-order valence-corrected chi connectivity index (χ4v) is 1.43. The molecule has 1 rings (SSSR count). The maximum Gasteiger partial charge on any atom is 0.343 e. The third-order valence-corrected chi connectivity index (χ3v) is 2.24. The summed E-state index contributed by atoms with van der Waals surface area (Å²) in [7, 11) is 1.31. The number of hydrogen-bond donors (Lipinski definition) is 1. The molecule has 16 heavy (non-hydrogen) atoms. The Morgan fingerprint density at radius 3 is 2.88 bits per heavy atom. The summed E-state index contributed by atoms with van der Waals surface area (Å²) in [6.45, 7) is 0.380. The smallest absolute Gasteiger partial charge is 0.343 e. The average molecular weight is 244 g/mol. The zero-order valence-electron chi connectivity index (χ0n) is 9.03. The van der Waals surface area contributed by atoms with Crippen molar-refractivity contribution in [3.8, 4) is 5.75 Å². The number of ether oxygens (including phenoxy) is 2. The van der Waals surface area contributed by atoms with E-state index in [2.05, 4.69) is 4.74 Å². The van der Waals surface area contributed by atoms with E-state index in [1.807, 2.05) is 0 Å². The summed E-state index contributed by atoms with van der Waals surface area (Å²) < 4.78 is 9.79. The lowest BCUT2D eigenvalue weighted by Gasteiger charge is -2.10. The Hall–Kier alpha value is -1.26. The zero-order chi connectivity index (χ0) is 12.0. The molecule has 0 aromatic heterocycles. The lowest BCUT2D eigenvalue weighted by atomic mass is 10.1. The topological polar surface area (TPSA) is 61.5 Å². The molecule has 0 amide bonds. The van der Waals surface area contributed by atoms with Gasteiger partial charge < -0.3 is 15.2 Å². The highest BCUT2D eigenvalue weighted by Gasteiger charge is 2.07. The van der Waals surface area contributed by atoms with E-state index in [9.17, 15) is 4.79 Å². The van der Waals surface area contributed by atoms with Crippen LogP contribution in [-0.2, 0) is 16.0 Å². The maximum atomic E-state index is 10.9. The molecule has 0 radical (unpaired) electrons. The molecule has 0 spiro atoms. The number of rotatable bonds is 5. The third-order valence-electron chi connectivity index (χ3n) is 2.01. The van der Waals surface area contributed by atoms with E-state index in [4.69, 9.17) is 22.1 Å². The van der Waals surface area contributed by atoms with Gasteiger partial charge in [-0.3, -0.25) is 0 Å². The molecule has 0 saturated heterocycles. The van der Waals surface area contributed by atoms with Crippen LogP contribution in [0.3, 0.4) is 0 Å². The molecule has 5 heteroatoms. The highest BCUT2D eigenvalue weighted by Crippen LogP contribution is 2.23. The number of carbonyl (C=O) groups excluding carboxylic acids is 1. The molecule has 1 aromatic rings. The second-order valence-electron chi connectivity index (χ2n) is 3.16. The fourth-order valence-electron chi connectivity index (χ4n) is 1.24. The molecule has 0 heterocycles. The average Bonchev–Trinajstić information content (AvgIpc) is 2.28. The molecule has 88 valence electrons. The molecular formula is C11H14ClNO3. The summed E-state index contributed by atoms with van der Waals surface area (Å²) in [5.74, 6) is 0.189. The van der Waals surface area contributed by atoms with E-state index >= 15 is 0 Å². The third kappa shape index (κ3) is 3.72. The van der Waals surface area contributed by atoms with E-state index in [1.165, 1.54) is 7.11 Å². The van der Waals surface area contributed by atoms with Crippen molar-refractivity contribution < 1.29 is 14.3 Å². The number of esters is 1. The minimum absolute atomic E-state index is 0.115. The van der Waals surface area contributed by atoms with Crippen molar-refractivity contribution in [2.75, 3.05) is 20.3 Å². The predicted octanol–water partition coefficient (Wildman–Crippen LogP) is 1.39. The Morgan fingerprint density at radius 1 is 1.50 bits per heavy atom. The number of hydrogen-bond acceptors (Lipinski definition) is 4. The van der Waals surface area contributed by atoms with Crippen LogP contribution < -0.4 is 10.5 Å². The molecule has 0 atom stereocenters. The van der Waals surface area contributed by atoms with E-state index < -0.39 is 5.97 Å². The molecule has 0 unspecified atom stereocenters. The van der Waals surface area contributed by atoms with Gasteiger partial charge in [0.1, 0.15) is 5.75 Å². The van der Waals surface area contributed by atoms with Gasteiger partial charge in [-0.05, 0) is 36.7 Å². The highest BCUT2D eigenvalue weighted by molar-refractivity contribution is 6.30. The summed E-state index contributed by atoms with van der Waals surface area (Å²) >= 11 is 5.85. The van der Waals surface area contributed by atoms with Crippen LogP contribution in [0.2, 0.25) is 5.02 Å². The predicted molar refractivity (Wildman–Crippen MR) is 61.7 cm³/mol. The highest BCUT2D eigenvalue weighted by atomic mass is 35.5. The molecule has 0 aliphatic heterocycles. The minimum atomic E-state index is -0.423. The molecular weight excluding hydrogens is 230 g/mol. The molecule has 0 aliphatic rings. The maximum absolute atomic E-state index is 10.9. The first kappa shape index (κ1) is 12.8. The monoisotopic (exact) mass is 243 g/mol. The summed E-state index contributed by atoms with van der Waals surface area (Å²) in [5.41, 5.74) is 6.36. The molecule has 0 fully saturated rings. The molecule has 0 bridgehead atoms. The number of methoxy groups -OCH3 is 1. The van der Waals surface area contributed by atoms with Crippen LogP contribution in [0.25, 0.3) is 0 Å². The van der Waals surface area contributed by atoms with Crippen LogP contribution in [-0.4, -0.2) is 26.2 Å². The Bertz CT molecular complexity index is 368. The number of nitrogens with two attached hydrogens (primary N) is 1. The number of halogens is 1. The fraction of sp³-hybridized carbons (Fsp3) is 0.364. The van der Waals surface area contributed by atoms with E-state index in [0.717, 1.165) is 5.56 Å². The quantitative estimate of drug-likeness (QED) is 0.794. The van der Waals surface area contributed by atoms with Crippen molar-refractivity contribution >= 4 is 17.6 Å². The van der Waals surface area contributed by atoms with Crippen molar-refractivity contribution in [3.63, 3.8) is 0 Å². The number of carbonyl (C=O) groups is 1. The van der Waals surface area contributed by atoms with Gasteiger partial charge in [0.25, 0.3) is 0 Å². The standard InChI is InChI=1S/C11H14ClNO3/c1-15-11(14)7-16-10-3-2-9(12)6-8(10)4-5-13/h2-3,6H,4-5,7,13H2,1H3. The van der Waals surface area contributed by atoms with Crippen LogP contribution in [0.5, 0.6) is 5.75 Å². The molecule has 0 saturated carbocycles. The second kappa shape index (κ2) is 6.35. The van der Waals surface area contributed by atoms with Crippen molar-refractivity contribution in [1.29, 1.82) is 0 Å². The normalized spacial score (nSPS) is 9.94. The summed E-state index contributed by atoms with van der Waals surface area (Å²) in [5, 5.41) is 0.619. The first-order chi connectivity index (χ1) is 7.67. The van der Waals surface area contributed by atoms with Gasteiger partial charge in [0.15, 0.2) is 6.61 Å². The molecule has 2 N–H and O–H groups in total. The van der Waals surface area contributed by atoms with E-state index in [0.29, 0.717) is 23.7 Å². The Kier molecular flexibility index (Phi) is 5.08. The van der Waals surface area contributed by atoms with Gasteiger partial charge in [0.2, 0.25) is 0 Å².